The van der Waals surface area contributed by atoms with Gasteiger partial charge in [0.15, 0.2) is 0 Å². The summed E-state index contributed by atoms with van der Waals surface area (Å²) in [5.41, 5.74) is -0.176. The summed E-state index contributed by atoms with van der Waals surface area (Å²) in [5.74, 6) is 0.160. The lowest BCUT2D eigenvalue weighted by atomic mass is 10.1. The van der Waals surface area contributed by atoms with E-state index >= 15 is 0 Å². The van der Waals surface area contributed by atoms with Crippen LogP contribution in [0.2, 0.25) is 0 Å². The number of amides is 1. The van der Waals surface area contributed by atoms with E-state index < -0.39 is 11.7 Å². The number of rotatable bonds is 5. The Morgan fingerprint density at radius 3 is 2.69 bits per heavy atom. The minimum absolute atomic E-state index is 0.00740. The number of pyridine rings is 1. The van der Waals surface area contributed by atoms with E-state index in [-0.39, 0.29) is 35.4 Å². The van der Waals surface area contributed by atoms with E-state index in [2.05, 4.69) is 10.3 Å². The summed E-state index contributed by atoms with van der Waals surface area (Å²) in [5, 5.41) is 2.84. The molecule has 3 rings (SSSR count). The predicted molar refractivity (Wildman–Crippen MR) is 89.5 cm³/mol. The van der Waals surface area contributed by atoms with Gasteiger partial charge in [-0.15, -0.1) is 0 Å². The number of carbonyl (C=O) groups is 1. The summed E-state index contributed by atoms with van der Waals surface area (Å²) >= 11 is 0. The molecular weight excluding hydrogens is 345 g/mol. The molecule has 0 unspecified atom stereocenters. The monoisotopic (exact) mass is 364 g/mol. The van der Waals surface area contributed by atoms with Gasteiger partial charge in [-0.3, -0.25) is 4.79 Å². The lowest BCUT2D eigenvalue weighted by Crippen LogP contribution is -2.26. The third-order valence-corrected chi connectivity index (χ3v) is 4.51. The number of aromatic nitrogens is 1. The molecule has 1 fully saturated rings. The van der Waals surface area contributed by atoms with Crippen molar-refractivity contribution in [1.82, 2.24) is 10.3 Å². The lowest BCUT2D eigenvalue weighted by Gasteiger charge is -2.13. The number of nitrogens with one attached hydrogen (secondary N) is 1. The van der Waals surface area contributed by atoms with Gasteiger partial charge in [0, 0.05) is 24.2 Å². The molecule has 2 aromatic rings. The highest BCUT2D eigenvalue weighted by atomic mass is 19.4. The van der Waals surface area contributed by atoms with Crippen molar-refractivity contribution in [2.45, 2.75) is 33.0 Å². The van der Waals surface area contributed by atoms with E-state index in [4.69, 9.17) is 4.74 Å². The lowest BCUT2D eigenvalue weighted by molar-refractivity contribution is -0.137. The molecule has 1 aliphatic rings. The second-order valence-corrected chi connectivity index (χ2v) is 7.06. The molecule has 1 N–H and O–H groups in total. The van der Waals surface area contributed by atoms with Crippen LogP contribution < -0.4 is 10.1 Å². The summed E-state index contributed by atoms with van der Waals surface area (Å²) in [4.78, 5) is 16.2. The topological polar surface area (TPSA) is 51.2 Å². The number of halogens is 3. The van der Waals surface area contributed by atoms with E-state index in [1.54, 1.807) is 12.1 Å². The number of benzene rings is 1. The van der Waals surface area contributed by atoms with Crippen LogP contribution in [0.25, 0.3) is 0 Å². The fraction of sp³-hybridized carbons (Fsp3) is 0.368. The molecule has 0 aliphatic heterocycles. The van der Waals surface area contributed by atoms with Crippen molar-refractivity contribution in [3.8, 4) is 11.6 Å². The van der Waals surface area contributed by atoms with Gasteiger partial charge >= 0.3 is 6.18 Å². The normalized spacial score (nSPS) is 18.3. The van der Waals surface area contributed by atoms with Crippen LogP contribution in [0.4, 0.5) is 13.2 Å². The molecule has 1 aliphatic carbocycles. The van der Waals surface area contributed by atoms with Gasteiger partial charge in [0.25, 0.3) is 0 Å². The Morgan fingerprint density at radius 1 is 1.31 bits per heavy atom. The van der Waals surface area contributed by atoms with Crippen molar-refractivity contribution < 1.29 is 22.7 Å². The zero-order chi connectivity index (χ0) is 18.9. The van der Waals surface area contributed by atoms with Gasteiger partial charge < -0.3 is 10.1 Å². The van der Waals surface area contributed by atoms with Crippen molar-refractivity contribution in [2.75, 3.05) is 0 Å². The molecule has 1 aromatic heterocycles. The molecule has 1 atom stereocenters. The van der Waals surface area contributed by atoms with E-state index in [1.807, 2.05) is 13.8 Å². The van der Waals surface area contributed by atoms with Crippen LogP contribution in [0.5, 0.6) is 11.6 Å². The third-order valence-electron chi connectivity index (χ3n) is 4.51. The summed E-state index contributed by atoms with van der Waals surface area (Å²) < 4.78 is 44.0. The maximum absolute atomic E-state index is 12.8. The largest absolute Gasteiger partial charge is 0.439 e. The highest BCUT2D eigenvalue weighted by Crippen LogP contribution is 2.51. The van der Waals surface area contributed by atoms with Crippen LogP contribution in [0, 0.1) is 11.3 Å². The number of ether oxygens (including phenoxy) is 1. The van der Waals surface area contributed by atoms with Gasteiger partial charge in [-0.1, -0.05) is 26.0 Å². The first-order valence-corrected chi connectivity index (χ1v) is 8.23. The van der Waals surface area contributed by atoms with Crippen LogP contribution in [0.3, 0.4) is 0 Å². The number of alkyl halides is 3. The molecule has 1 heterocycles. The maximum Gasteiger partial charge on any atom is 0.416 e. The first kappa shape index (κ1) is 18.2. The van der Waals surface area contributed by atoms with Crippen LogP contribution in [-0.2, 0) is 17.5 Å². The third kappa shape index (κ3) is 4.15. The van der Waals surface area contributed by atoms with Gasteiger partial charge in [0.1, 0.15) is 5.75 Å². The SMILES string of the molecule is CC1(C)C[C@H]1C(=O)NCc1cccnc1Oc1cccc(C(F)(F)F)c1. The highest BCUT2D eigenvalue weighted by molar-refractivity contribution is 5.82. The molecule has 1 amide bonds. The Bertz CT molecular complexity index is 818. The number of nitrogens with zero attached hydrogens (tertiary/aromatic N) is 1. The Hall–Kier alpha value is -2.57. The van der Waals surface area contributed by atoms with Crippen LogP contribution in [0.15, 0.2) is 42.6 Å². The van der Waals surface area contributed by atoms with Gasteiger partial charge in [-0.05, 0) is 36.1 Å². The Morgan fingerprint density at radius 2 is 2.04 bits per heavy atom. The van der Waals surface area contributed by atoms with Crippen LogP contribution in [0.1, 0.15) is 31.4 Å². The Kier molecular flexibility index (Phi) is 4.64. The van der Waals surface area contributed by atoms with Crippen molar-refractivity contribution in [3.05, 3.63) is 53.7 Å². The van der Waals surface area contributed by atoms with Crippen LogP contribution >= 0.6 is 0 Å². The zero-order valence-corrected chi connectivity index (χ0v) is 14.4. The summed E-state index contributed by atoms with van der Waals surface area (Å²) in [7, 11) is 0. The molecule has 0 spiro atoms. The van der Waals surface area contributed by atoms with E-state index in [1.165, 1.54) is 18.3 Å². The number of carbonyl (C=O) groups excluding carboxylic acids is 1. The predicted octanol–water partition coefficient (Wildman–Crippen LogP) is 4.56. The maximum atomic E-state index is 12.8. The average Bonchev–Trinajstić information content (AvgIpc) is 3.22. The van der Waals surface area contributed by atoms with Crippen LogP contribution in [-0.4, -0.2) is 10.9 Å². The van der Waals surface area contributed by atoms with E-state index in [0.717, 1.165) is 18.6 Å². The molecule has 0 radical (unpaired) electrons. The minimum atomic E-state index is -4.45. The minimum Gasteiger partial charge on any atom is -0.439 e. The first-order valence-electron chi connectivity index (χ1n) is 8.23. The van der Waals surface area contributed by atoms with Gasteiger partial charge in [0.05, 0.1) is 5.56 Å². The Labute approximate surface area is 149 Å². The fourth-order valence-electron chi connectivity index (χ4n) is 2.72. The molecule has 26 heavy (non-hydrogen) atoms. The molecule has 4 nitrogen and oxygen atoms in total. The molecule has 0 saturated heterocycles. The molecule has 0 bridgehead atoms. The second-order valence-electron chi connectivity index (χ2n) is 7.06. The van der Waals surface area contributed by atoms with Gasteiger partial charge in [-0.2, -0.15) is 13.2 Å². The number of hydrogen-bond acceptors (Lipinski definition) is 3. The second kappa shape index (κ2) is 6.63. The molecule has 1 saturated carbocycles. The highest BCUT2D eigenvalue weighted by Gasteiger charge is 2.50. The van der Waals surface area contributed by atoms with E-state index in [9.17, 15) is 18.0 Å². The molecule has 7 heteroatoms. The van der Waals surface area contributed by atoms with Crippen molar-refractivity contribution >= 4 is 5.91 Å². The average molecular weight is 364 g/mol. The van der Waals surface area contributed by atoms with Gasteiger partial charge in [-0.25, -0.2) is 4.98 Å². The molecular formula is C19H19F3N2O2. The first-order chi connectivity index (χ1) is 12.2. The standard InChI is InChI=1S/C19H19F3N2O2/c1-18(2)10-15(18)16(25)24-11-12-5-4-8-23-17(12)26-14-7-3-6-13(9-14)19(20,21)22/h3-9,15H,10-11H2,1-2H3,(H,24,25)/t15-/m0/s1. The number of hydrogen-bond donors (Lipinski definition) is 1. The molecule has 1 aromatic carbocycles. The quantitative estimate of drug-likeness (QED) is 0.846. The Balaban J connectivity index is 1.71. The smallest absolute Gasteiger partial charge is 0.416 e. The van der Waals surface area contributed by atoms with E-state index in [0.29, 0.717) is 5.56 Å². The zero-order valence-electron chi connectivity index (χ0n) is 14.4. The van der Waals surface area contributed by atoms with Crippen molar-refractivity contribution in [2.24, 2.45) is 11.3 Å². The van der Waals surface area contributed by atoms with Crippen molar-refractivity contribution in [3.63, 3.8) is 0 Å². The summed E-state index contributed by atoms with van der Waals surface area (Å²) in [6.45, 7) is 4.26. The summed E-state index contributed by atoms with van der Waals surface area (Å²) in [6, 6.07) is 8.00. The van der Waals surface area contributed by atoms with Gasteiger partial charge in [0.2, 0.25) is 11.8 Å². The van der Waals surface area contributed by atoms with Crippen molar-refractivity contribution in [1.29, 1.82) is 0 Å². The molecule has 138 valence electrons. The summed E-state index contributed by atoms with van der Waals surface area (Å²) in [6.07, 6.45) is -2.12. The fourth-order valence-corrected chi connectivity index (χ4v) is 2.72.